The summed E-state index contributed by atoms with van der Waals surface area (Å²) in [5, 5.41) is 11.9. The molecule has 1 heterocycles. The third kappa shape index (κ3) is 5.79. The lowest BCUT2D eigenvalue weighted by atomic mass is 10.0. The third-order valence-corrected chi connectivity index (χ3v) is 4.20. The van der Waals surface area contributed by atoms with E-state index in [9.17, 15) is 27.5 Å². The summed E-state index contributed by atoms with van der Waals surface area (Å²) in [5.41, 5.74) is -0.0633. The number of amides is 1. The number of ether oxygens (including phenoxy) is 1. The fourth-order valence-electron chi connectivity index (χ4n) is 2.69. The van der Waals surface area contributed by atoms with E-state index in [0.29, 0.717) is 5.56 Å². The molecular formula is C22H18F4N2O3. The standard InChI is InChI=1S/C22H18F4N2O3/c1-13(29)11-27-20(30)15-10-19(14-3-2-4-17(23)9-14)21(28-12-15)31-18-7-5-16(6-8-18)22(24,25)26/h2-10,12-13,29H,11H2,1H3,(H,27,30)/t13-/m1/s1. The average molecular weight is 434 g/mol. The van der Waals surface area contributed by atoms with Crippen LogP contribution in [0.15, 0.2) is 60.8 Å². The largest absolute Gasteiger partial charge is 0.438 e. The number of aromatic nitrogens is 1. The second-order valence-electron chi connectivity index (χ2n) is 6.77. The molecule has 1 atom stereocenters. The lowest BCUT2D eigenvalue weighted by molar-refractivity contribution is -0.137. The molecule has 0 aliphatic carbocycles. The van der Waals surface area contributed by atoms with Crippen molar-refractivity contribution in [3.8, 4) is 22.8 Å². The highest BCUT2D eigenvalue weighted by Gasteiger charge is 2.30. The number of alkyl halides is 3. The Hall–Kier alpha value is -3.46. The molecule has 9 heteroatoms. The minimum atomic E-state index is -4.48. The Kier molecular flexibility index (Phi) is 6.55. The van der Waals surface area contributed by atoms with Gasteiger partial charge < -0.3 is 15.2 Å². The van der Waals surface area contributed by atoms with E-state index in [0.717, 1.165) is 24.3 Å². The molecule has 3 rings (SSSR count). The highest BCUT2D eigenvalue weighted by atomic mass is 19.4. The molecule has 5 nitrogen and oxygen atoms in total. The number of pyridine rings is 1. The molecule has 3 aromatic rings. The van der Waals surface area contributed by atoms with Crippen molar-refractivity contribution in [3.63, 3.8) is 0 Å². The number of nitrogens with zero attached hydrogens (tertiary/aromatic N) is 1. The Morgan fingerprint density at radius 2 is 1.87 bits per heavy atom. The second-order valence-corrected chi connectivity index (χ2v) is 6.77. The Bertz CT molecular complexity index is 1070. The number of nitrogens with one attached hydrogen (secondary N) is 1. The maximum Gasteiger partial charge on any atom is 0.416 e. The molecule has 162 valence electrons. The van der Waals surface area contributed by atoms with Gasteiger partial charge in [-0.25, -0.2) is 9.37 Å². The van der Waals surface area contributed by atoms with Gasteiger partial charge in [-0.1, -0.05) is 12.1 Å². The van der Waals surface area contributed by atoms with Crippen LogP contribution in [0.4, 0.5) is 17.6 Å². The van der Waals surface area contributed by atoms with Gasteiger partial charge in [0.2, 0.25) is 5.88 Å². The van der Waals surface area contributed by atoms with Crippen LogP contribution in [-0.4, -0.2) is 28.6 Å². The average Bonchev–Trinajstić information content (AvgIpc) is 2.72. The summed E-state index contributed by atoms with van der Waals surface area (Å²) in [6.07, 6.45) is -4.01. The summed E-state index contributed by atoms with van der Waals surface area (Å²) in [7, 11) is 0. The molecule has 0 radical (unpaired) electrons. The van der Waals surface area contributed by atoms with E-state index in [1.165, 1.54) is 37.4 Å². The van der Waals surface area contributed by atoms with Crippen molar-refractivity contribution in [1.82, 2.24) is 10.3 Å². The molecular weight excluding hydrogens is 416 g/mol. The van der Waals surface area contributed by atoms with Crippen LogP contribution < -0.4 is 10.1 Å². The van der Waals surface area contributed by atoms with Crippen LogP contribution in [-0.2, 0) is 6.18 Å². The van der Waals surface area contributed by atoms with Crippen LogP contribution in [0.2, 0.25) is 0 Å². The monoisotopic (exact) mass is 434 g/mol. The van der Waals surface area contributed by atoms with Crippen molar-refractivity contribution in [2.24, 2.45) is 0 Å². The number of hydrogen-bond donors (Lipinski definition) is 2. The Labute approximate surface area is 175 Å². The lowest BCUT2D eigenvalue weighted by Crippen LogP contribution is -2.30. The van der Waals surface area contributed by atoms with Gasteiger partial charge in [-0.15, -0.1) is 0 Å². The Morgan fingerprint density at radius 1 is 1.16 bits per heavy atom. The maximum atomic E-state index is 13.8. The Morgan fingerprint density at radius 3 is 2.48 bits per heavy atom. The number of hydrogen-bond acceptors (Lipinski definition) is 4. The van der Waals surface area contributed by atoms with Crippen molar-refractivity contribution in [2.75, 3.05) is 6.54 Å². The lowest BCUT2D eigenvalue weighted by Gasteiger charge is -2.13. The normalized spacial score (nSPS) is 12.3. The van der Waals surface area contributed by atoms with E-state index in [2.05, 4.69) is 10.3 Å². The highest BCUT2D eigenvalue weighted by molar-refractivity contribution is 5.95. The van der Waals surface area contributed by atoms with E-state index in [1.54, 1.807) is 6.07 Å². The van der Waals surface area contributed by atoms with Crippen molar-refractivity contribution in [2.45, 2.75) is 19.2 Å². The first-order valence-corrected chi connectivity index (χ1v) is 9.21. The van der Waals surface area contributed by atoms with Crippen molar-refractivity contribution >= 4 is 5.91 Å². The van der Waals surface area contributed by atoms with E-state index in [1.807, 2.05) is 0 Å². The van der Waals surface area contributed by atoms with Crippen LogP contribution in [0.25, 0.3) is 11.1 Å². The first-order chi connectivity index (χ1) is 14.6. The third-order valence-electron chi connectivity index (χ3n) is 4.20. The van der Waals surface area contributed by atoms with E-state index in [4.69, 9.17) is 4.74 Å². The zero-order valence-electron chi connectivity index (χ0n) is 16.3. The van der Waals surface area contributed by atoms with Gasteiger partial charge in [0.05, 0.1) is 17.2 Å². The topological polar surface area (TPSA) is 71.5 Å². The number of halogens is 4. The van der Waals surface area contributed by atoms with Crippen LogP contribution in [0.3, 0.4) is 0 Å². The maximum absolute atomic E-state index is 13.8. The van der Waals surface area contributed by atoms with Gasteiger partial charge >= 0.3 is 6.18 Å². The number of carbonyl (C=O) groups excluding carboxylic acids is 1. The summed E-state index contributed by atoms with van der Waals surface area (Å²) in [6.45, 7) is 1.54. The van der Waals surface area contributed by atoms with Gasteiger partial charge in [0.15, 0.2) is 0 Å². The molecule has 0 spiro atoms. The number of rotatable bonds is 6. The van der Waals surface area contributed by atoms with Gasteiger partial charge in [-0.2, -0.15) is 13.2 Å². The molecule has 1 aromatic heterocycles. The van der Waals surface area contributed by atoms with Crippen molar-refractivity contribution in [3.05, 3.63) is 77.7 Å². The molecule has 0 fully saturated rings. The van der Waals surface area contributed by atoms with Gasteiger partial charge in [-0.3, -0.25) is 4.79 Å². The Balaban J connectivity index is 1.96. The summed E-state index contributed by atoms with van der Waals surface area (Å²) < 4.78 is 57.7. The van der Waals surface area contributed by atoms with Crippen LogP contribution >= 0.6 is 0 Å². The van der Waals surface area contributed by atoms with Crippen molar-refractivity contribution < 1.29 is 32.2 Å². The zero-order valence-corrected chi connectivity index (χ0v) is 16.3. The van der Waals surface area contributed by atoms with Gasteiger partial charge in [-0.05, 0) is 55.0 Å². The van der Waals surface area contributed by atoms with Crippen LogP contribution in [0.1, 0.15) is 22.8 Å². The van der Waals surface area contributed by atoms with Gasteiger partial charge in [0, 0.05) is 18.3 Å². The predicted molar refractivity (Wildman–Crippen MR) is 105 cm³/mol. The molecule has 0 saturated heterocycles. The molecule has 1 amide bonds. The minimum Gasteiger partial charge on any atom is -0.438 e. The highest BCUT2D eigenvalue weighted by Crippen LogP contribution is 2.34. The zero-order chi connectivity index (χ0) is 22.6. The van der Waals surface area contributed by atoms with Gasteiger partial charge in [0.1, 0.15) is 11.6 Å². The molecule has 0 saturated carbocycles. The first kappa shape index (κ1) is 22.2. The molecule has 0 unspecified atom stereocenters. The van der Waals surface area contributed by atoms with E-state index in [-0.39, 0.29) is 29.3 Å². The smallest absolute Gasteiger partial charge is 0.416 e. The summed E-state index contributed by atoms with van der Waals surface area (Å²) in [6, 6.07) is 11.0. The van der Waals surface area contributed by atoms with Gasteiger partial charge in [0.25, 0.3) is 5.91 Å². The quantitative estimate of drug-likeness (QED) is 0.547. The summed E-state index contributed by atoms with van der Waals surface area (Å²) >= 11 is 0. The minimum absolute atomic E-state index is 0.0163. The second kappa shape index (κ2) is 9.13. The molecule has 2 N–H and O–H groups in total. The molecule has 0 bridgehead atoms. The first-order valence-electron chi connectivity index (χ1n) is 9.21. The number of benzene rings is 2. The summed E-state index contributed by atoms with van der Waals surface area (Å²) in [4.78, 5) is 16.4. The van der Waals surface area contributed by atoms with E-state index >= 15 is 0 Å². The van der Waals surface area contributed by atoms with Crippen LogP contribution in [0, 0.1) is 5.82 Å². The molecule has 0 aliphatic heterocycles. The SMILES string of the molecule is C[C@@H](O)CNC(=O)c1cnc(Oc2ccc(C(F)(F)F)cc2)c(-c2cccc(F)c2)c1. The van der Waals surface area contributed by atoms with Crippen molar-refractivity contribution in [1.29, 1.82) is 0 Å². The summed E-state index contributed by atoms with van der Waals surface area (Å²) in [5.74, 6) is -0.962. The predicted octanol–water partition coefficient (Wildman–Crippen LogP) is 4.81. The fraction of sp³-hybridized carbons (Fsp3) is 0.182. The number of aliphatic hydroxyl groups excluding tert-OH is 1. The molecule has 31 heavy (non-hydrogen) atoms. The number of carbonyl (C=O) groups is 1. The number of aliphatic hydroxyl groups is 1. The molecule has 2 aromatic carbocycles. The fourth-order valence-corrected chi connectivity index (χ4v) is 2.69. The van der Waals surface area contributed by atoms with E-state index < -0.39 is 29.6 Å². The van der Waals surface area contributed by atoms with Crippen LogP contribution in [0.5, 0.6) is 11.6 Å². The molecule has 0 aliphatic rings.